The Morgan fingerprint density at radius 2 is 2.28 bits per heavy atom. The van der Waals surface area contributed by atoms with Crippen molar-refractivity contribution >= 4 is 27.6 Å². The van der Waals surface area contributed by atoms with E-state index in [1.54, 1.807) is 0 Å². The lowest BCUT2D eigenvalue weighted by atomic mass is 9.90. The second-order valence-electron chi connectivity index (χ2n) is 4.67. The minimum absolute atomic E-state index is 0.0380. The Morgan fingerprint density at radius 3 is 2.94 bits per heavy atom. The first-order valence-corrected chi connectivity index (χ1v) is 6.71. The number of rotatable bonds is 4. The Morgan fingerprint density at radius 1 is 1.50 bits per heavy atom. The predicted octanol–water partition coefficient (Wildman–Crippen LogP) is 2.82. The highest BCUT2D eigenvalue weighted by molar-refractivity contribution is 7.16. The van der Waals surface area contributed by atoms with Gasteiger partial charge in [-0.3, -0.25) is 4.79 Å². The van der Waals surface area contributed by atoms with E-state index in [1.807, 2.05) is 18.2 Å². The van der Waals surface area contributed by atoms with Gasteiger partial charge in [0.1, 0.15) is 0 Å². The lowest BCUT2D eigenvalue weighted by Gasteiger charge is -2.14. The van der Waals surface area contributed by atoms with Crippen LogP contribution in [0.25, 0.3) is 10.3 Å². The van der Waals surface area contributed by atoms with Crippen LogP contribution >= 0.6 is 11.3 Å². The highest BCUT2D eigenvalue weighted by Gasteiger charge is 2.35. The van der Waals surface area contributed by atoms with Crippen LogP contribution in [0.15, 0.2) is 27.4 Å². The molecule has 1 saturated carbocycles. The average Bonchev–Trinajstić information content (AvgIpc) is 3.06. The van der Waals surface area contributed by atoms with Crippen LogP contribution in [0.5, 0.6) is 0 Å². The van der Waals surface area contributed by atoms with E-state index in [1.165, 1.54) is 0 Å². The summed E-state index contributed by atoms with van der Waals surface area (Å²) in [5.74, 6) is -0.428. The standard InChI is InChI=1S/C13H12O4S/c14-11(15)6-9(7-4-5-7)8-2-1-3-10-12(8)17-13(16)18-10/h1-3,7,9H,4-6H2,(H,14,15). The molecule has 1 aliphatic rings. The molecule has 1 aliphatic carbocycles. The molecule has 1 aromatic heterocycles. The molecule has 0 spiro atoms. The second-order valence-corrected chi connectivity index (χ2v) is 5.65. The zero-order valence-corrected chi connectivity index (χ0v) is 10.4. The summed E-state index contributed by atoms with van der Waals surface area (Å²) >= 11 is 1.07. The van der Waals surface area contributed by atoms with Gasteiger partial charge in [0.05, 0.1) is 11.1 Å². The first-order valence-electron chi connectivity index (χ1n) is 5.89. The maximum Gasteiger partial charge on any atom is 0.396 e. The first-order chi connectivity index (χ1) is 8.65. The van der Waals surface area contributed by atoms with Crippen LogP contribution in [0.1, 0.15) is 30.7 Å². The molecule has 1 fully saturated rings. The minimum Gasteiger partial charge on any atom is -0.481 e. The summed E-state index contributed by atoms with van der Waals surface area (Å²) in [5, 5.41) is 9.01. The summed E-state index contributed by atoms with van der Waals surface area (Å²) in [6.45, 7) is 0. The van der Waals surface area contributed by atoms with Crippen LogP contribution in [-0.4, -0.2) is 11.1 Å². The Hall–Kier alpha value is -1.62. The number of hydrogen-bond acceptors (Lipinski definition) is 4. The lowest BCUT2D eigenvalue weighted by molar-refractivity contribution is -0.137. The number of para-hydroxylation sites is 1. The van der Waals surface area contributed by atoms with Crippen LogP contribution in [0.2, 0.25) is 0 Å². The SMILES string of the molecule is O=C(O)CC(c1cccc2sc(=O)oc12)C1CC1. The van der Waals surface area contributed by atoms with Crippen molar-refractivity contribution in [2.45, 2.75) is 25.2 Å². The second kappa shape index (κ2) is 4.24. The molecule has 18 heavy (non-hydrogen) atoms. The lowest BCUT2D eigenvalue weighted by Crippen LogP contribution is -2.08. The monoisotopic (exact) mass is 264 g/mol. The Balaban J connectivity index is 2.10. The van der Waals surface area contributed by atoms with Crippen molar-refractivity contribution in [2.24, 2.45) is 5.92 Å². The maximum atomic E-state index is 11.3. The van der Waals surface area contributed by atoms with Crippen molar-refractivity contribution in [3.05, 3.63) is 33.5 Å². The summed E-state index contributed by atoms with van der Waals surface area (Å²) in [7, 11) is 0. The van der Waals surface area contributed by atoms with Crippen molar-refractivity contribution in [3.63, 3.8) is 0 Å². The van der Waals surface area contributed by atoms with Gasteiger partial charge < -0.3 is 9.52 Å². The topological polar surface area (TPSA) is 67.5 Å². The van der Waals surface area contributed by atoms with Gasteiger partial charge in [-0.1, -0.05) is 23.5 Å². The molecule has 1 N–H and O–H groups in total. The van der Waals surface area contributed by atoms with Crippen molar-refractivity contribution in [3.8, 4) is 0 Å². The molecule has 1 heterocycles. The molecule has 94 valence electrons. The van der Waals surface area contributed by atoms with Gasteiger partial charge >= 0.3 is 10.9 Å². The van der Waals surface area contributed by atoms with E-state index in [9.17, 15) is 9.59 Å². The first kappa shape index (κ1) is 11.5. The third kappa shape index (κ3) is 2.06. The number of hydrogen-bond donors (Lipinski definition) is 1. The molecule has 5 heteroatoms. The Kier molecular flexibility index (Phi) is 2.70. The molecule has 0 bridgehead atoms. The van der Waals surface area contributed by atoms with Crippen molar-refractivity contribution in [1.29, 1.82) is 0 Å². The van der Waals surface area contributed by atoms with E-state index in [4.69, 9.17) is 9.52 Å². The van der Waals surface area contributed by atoms with Gasteiger partial charge in [0.15, 0.2) is 5.58 Å². The van der Waals surface area contributed by atoms with Crippen LogP contribution in [-0.2, 0) is 4.79 Å². The molecule has 4 nitrogen and oxygen atoms in total. The number of carbonyl (C=O) groups is 1. The van der Waals surface area contributed by atoms with E-state index < -0.39 is 5.97 Å². The molecular formula is C13H12O4S. The molecule has 0 saturated heterocycles. The van der Waals surface area contributed by atoms with E-state index in [0.717, 1.165) is 34.4 Å². The normalized spacial score (nSPS) is 16.9. The molecule has 1 unspecified atom stereocenters. The summed E-state index contributed by atoms with van der Waals surface area (Å²) < 4.78 is 6.01. The molecular weight excluding hydrogens is 252 g/mol. The summed E-state index contributed by atoms with van der Waals surface area (Å²) in [6.07, 6.45) is 2.22. The van der Waals surface area contributed by atoms with E-state index in [-0.39, 0.29) is 17.3 Å². The highest BCUT2D eigenvalue weighted by Crippen LogP contribution is 2.46. The van der Waals surface area contributed by atoms with Crippen LogP contribution in [0, 0.1) is 5.92 Å². The molecule has 1 atom stereocenters. The summed E-state index contributed by atoms with van der Waals surface area (Å²) in [5.41, 5.74) is 1.45. The summed E-state index contributed by atoms with van der Waals surface area (Å²) in [4.78, 5) is 21.9. The molecule has 2 aromatic rings. The van der Waals surface area contributed by atoms with E-state index >= 15 is 0 Å². The van der Waals surface area contributed by atoms with Crippen LogP contribution in [0.4, 0.5) is 0 Å². The van der Waals surface area contributed by atoms with Gasteiger partial charge in [0.25, 0.3) is 0 Å². The van der Waals surface area contributed by atoms with Crippen LogP contribution in [0.3, 0.4) is 0 Å². The largest absolute Gasteiger partial charge is 0.481 e. The quantitative estimate of drug-likeness (QED) is 0.922. The van der Waals surface area contributed by atoms with Crippen LogP contribution < -0.4 is 4.94 Å². The van der Waals surface area contributed by atoms with Gasteiger partial charge in [0.2, 0.25) is 0 Å². The van der Waals surface area contributed by atoms with Crippen molar-refractivity contribution < 1.29 is 14.3 Å². The number of fused-ring (bicyclic) bond motifs is 1. The fraction of sp³-hybridized carbons (Fsp3) is 0.385. The Labute approximate surface area is 107 Å². The van der Waals surface area contributed by atoms with Gasteiger partial charge in [-0.05, 0) is 24.8 Å². The molecule has 0 amide bonds. The van der Waals surface area contributed by atoms with Crippen molar-refractivity contribution in [1.82, 2.24) is 0 Å². The smallest absolute Gasteiger partial charge is 0.396 e. The molecule has 1 aromatic carbocycles. The van der Waals surface area contributed by atoms with Gasteiger partial charge in [-0.15, -0.1) is 0 Å². The summed E-state index contributed by atoms with van der Waals surface area (Å²) in [6, 6.07) is 5.57. The molecule has 3 rings (SSSR count). The number of carboxylic acids is 1. The van der Waals surface area contributed by atoms with Gasteiger partial charge in [0, 0.05) is 11.5 Å². The predicted molar refractivity (Wildman–Crippen MR) is 68.1 cm³/mol. The zero-order valence-electron chi connectivity index (χ0n) is 9.59. The van der Waals surface area contributed by atoms with Crippen molar-refractivity contribution in [2.75, 3.05) is 0 Å². The van der Waals surface area contributed by atoms with E-state index in [2.05, 4.69) is 0 Å². The fourth-order valence-corrected chi connectivity index (χ4v) is 3.13. The number of benzene rings is 1. The third-order valence-corrected chi connectivity index (χ3v) is 4.16. The third-order valence-electron chi connectivity index (χ3n) is 3.37. The van der Waals surface area contributed by atoms with Gasteiger partial charge in [-0.2, -0.15) is 0 Å². The highest BCUT2D eigenvalue weighted by atomic mass is 32.1. The zero-order chi connectivity index (χ0) is 12.7. The maximum absolute atomic E-state index is 11.3. The van der Waals surface area contributed by atoms with Gasteiger partial charge in [-0.25, -0.2) is 4.79 Å². The fourth-order valence-electron chi connectivity index (χ4n) is 2.43. The van der Waals surface area contributed by atoms with E-state index in [0.29, 0.717) is 11.5 Å². The number of aliphatic carboxylic acids is 1. The average molecular weight is 264 g/mol. The molecule has 0 radical (unpaired) electrons. The molecule has 0 aliphatic heterocycles. The number of carboxylic acid groups (broad SMARTS) is 1. The Bertz CT molecular complexity index is 650. The minimum atomic E-state index is -0.804.